The molecule has 1 heterocycles. The van der Waals surface area contributed by atoms with Crippen LogP contribution in [0.5, 0.6) is 0 Å². The quantitative estimate of drug-likeness (QED) is 0.127. The topological polar surface area (TPSA) is 67.4 Å². The first-order valence-electron chi connectivity index (χ1n) is 14.8. The Morgan fingerprint density at radius 1 is 0.844 bits per heavy atom. The van der Waals surface area contributed by atoms with E-state index in [0.717, 1.165) is 44.9 Å². The fourth-order valence-corrected chi connectivity index (χ4v) is 4.56. The standard InChI is InChI=1S/C28H24N3.C11H20O2.Ir/c1-17-9-18(2)12-22(11-17)27-28(23-13-19(3)10-20(4)14-23)31-26(16-30-27)25-15-24(29-6)8-7-21(25)5;1-10(2,3)8(12)7-9(13)11(4,5)6;/h7-11,13-16H,1-5H3;7,12H,1-6H3;/q-1;;/b;8-7-;. The Kier molecular flexibility index (Phi) is 12.4. The first kappa shape index (κ1) is 37.3. The van der Waals surface area contributed by atoms with E-state index < -0.39 is 5.41 Å². The number of aromatic nitrogens is 2. The number of nitrogens with zero attached hydrogens (tertiary/aromatic N) is 3. The van der Waals surface area contributed by atoms with E-state index in [1.54, 1.807) is 0 Å². The van der Waals surface area contributed by atoms with Gasteiger partial charge in [-0.25, -0.2) is 4.85 Å². The van der Waals surface area contributed by atoms with Gasteiger partial charge in [-0.1, -0.05) is 96.8 Å². The Balaban J connectivity index is 0.000000430. The normalized spacial score (nSPS) is 11.6. The molecule has 1 radical (unpaired) electrons. The van der Waals surface area contributed by atoms with Crippen molar-refractivity contribution in [3.8, 4) is 33.8 Å². The number of aliphatic hydroxyl groups excluding tert-OH is 1. The van der Waals surface area contributed by atoms with Gasteiger partial charge in [0.05, 0.1) is 18.0 Å². The monoisotopic (exact) mass is 779 g/mol. The molecule has 237 valence electrons. The molecule has 5 nitrogen and oxygen atoms in total. The molecule has 0 fully saturated rings. The molecule has 0 saturated heterocycles. The number of aryl methyl sites for hydroxylation is 5. The summed E-state index contributed by atoms with van der Waals surface area (Å²) in [6, 6.07) is 19.8. The Bertz CT molecular complexity index is 1730. The first-order valence-corrected chi connectivity index (χ1v) is 14.8. The first-order chi connectivity index (χ1) is 20.4. The fraction of sp³-hybridized carbons (Fsp3) is 0.333. The van der Waals surface area contributed by atoms with Crippen LogP contribution >= 0.6 is 0 Å². The molecule has 0 bridgehead atoms. The third-order valence-corrected chi connectivity index (χ3v) is 7.07. The molecule has 0 saturated carbocycles. The van der Waals surface area contributed by atoms with Crippen LogP contribution in [-0.4, -0.2) is 20.9 Å². The van der Waals surface area contributed by atoms with Gasteiger partial charge in [-0.2, -0.15) is 0 Å². The molecule has 6 heteroatoms. The van der Waals surface area contributed by atoms with Crippen molar-refractivity contribution in [2.45, 2.75) is 76.2 Å². The van der Waals surface area contributed by atoms with Gasteiger partial charge in [-0.15, -0.1) is 34.9 Å². The predicted octanol–water partition coefficient (Wildman–Crippen LogP) is 10.5. The molecule has 0 aliphatic carbocycles. The van der Waals surface area contributed by atoms with Crippen molar-refractivity contribution in [3.63, 3.8) is 0 Å². The summed E-state index contributed by atoms with van der Waals surface area (Å²) in [6.07, 6.45) is 3.14. The molecule has 4 aromatic rings. The minimum Gasteiger partial charge on any atom is -0.512 e. The average molecular weight is 779 g/mol. The third-order valence-electron chi connectivity index (χ3n) is 7.07. The zero-order chi connectivity index (χ0) is 33.0. The molecule has 0 amide bonds. The van der Waals surface area contributed by atoms with E-state index in [9.17, 15) is 9.90 Å². The van der Waals surface area contributed by atoms with Gasteiger partial charge in [-0.05, 0) is 43.5 Å². The van der Waals surface area contributed by atoms with Crippen LogP contribution in [0.25, 0.3) is 38.6 Å². The van der Waals surface area contributed by atoms with Gasteiger partial charge < -0.3 is 10.1 Å². The second kappa shape index (κ2) is 14.9. The number of aliphatic hydroxyl groups is 1. The van der Waals surface area contributed by atoms with E-state index in [4.69, 9.17) is 16.5 Å². The van der Waals surface area contributed by atoms with Crippen LogP contribution < -0.4 is 0 Å². The third kappa shape index (κ3) is 10.0. The second-order valence-corrected chi connectivity index (χ2v) is 13.6. The van der Waals surface area contributed by atoms with Crippen LogP contribution in [0, 0.1) is 58.1 Å². The van der Waals surface area contributed by atoms with Crippen molar-refractivity contribution in [2.24, 2.45) is 10.8 Å². The van der Waals surface area contributed by atoms with Gasteiger partial charge in [0, 0.05) is 48.9 Å². The number of hydrogen-bond acceptors (Lipinski definition) is 4. The Hall–Kier alpha value is -3.91. The molecule has 0 spiro atoms. The van der Waals surface area contributed by atoms with Crippen LogP contribution in [0.4, 0.5) is 5.69 Å². The van der Waals surface area contributed by atoms with Crippen molar-refractivity contribution in [1.29, 1.82) is 0 Å². The van der Waals surface area contributed by atoms with Crippen LogP contribution in [0.2, 0.25) is 0 Å². The van der Waals surface area contributed by atoms with Crippen LogP contribution in [0.1, 0.15) is 69.4 Å². The Morgan fingerprint density at radius 2 is 1.44 bits per heavy atom. The molecular formula is C39H44IrN3O2-. The summed E-state index contributed by atoms with van der Waals surface area (Å²) in [4.78, 5) is 25.0. The summed E-state index contributed by atoms with van der Waals surface area (Å²) in [6.45, 7) is 28.8. The molecule has 4 rings (SSSR count). The minimum atomic E-state index is -0.417. The number of allylic oxidation sites excluding steroid dienone is 2. The predicted molar refractivity (Wildman–Crippen MR) is 182 cm³/mol. The zero-order valence-electron chi connectivity index (χ0n) is 28.3. The smallest absolute Gasteiger partial charge is 0.187 e. The van der Waals surface area contributed by atoms with E-state index in [1.165, 1.54) is 22.8 Å². The van der Waals surface area contributed by atoms with E-state index in [1.807, 2.05) is 79.8 Å². The minimum absolute atomic E-state index is 0. The summed E-state index contributed by atoms with van der Waals surface area (Å²) in [7, 11) is 0. The molecule has 0 aliphatic heterocycles. The van der Waals surface area contributed by atoms with Gasteiger partial charge in [0.1, 0.15) is 5.76 Å². The SMILES string of the molecule is CC(C)(C)C(=O)/C=C(\O)C(C)(C)C.[C-]#[N+]c1ccc(C)c(-c2cnc(-c3[c-]c(C)cc(C)c3)c(-c3cc(C)cc(C)c3)n2)c1.[Ir]. The number of hydrogen-bond donors (Lipinski definition) is 1. The average Bonchev–Trinajstić information content (AvgIpc) is 2.91. The van der Waals surface area contributed by atoms with Gasteiger partial charge >= 0.3 is 0 Å². The maximum absolute atomic E-state index is 11.5. The Morgan fingerprint density at radius 3 is 1.98 bits per heavy atom. The number of rotatable bonds is 4. The number of ketones is 1. The maximum Gasteiger partial charge on any atom is 0.187 e. The summed E-state index contributed by atoms with van der Waals surface area (Å²) in [5, 5.41) is 9.56. The van der Waals surface area contributed by atoms with E-state index in [0.29, 0.717) is 5.69 Å². The molecule has 0 unspecified atom stereocenters. The van der Waals surface area contributed by atoms with Crippen LogP contribution in [-0.2, 0) is 24.9 Å². The molecule has 1 N–H and O–H groups in total. The molecule has 0 atom stereocenters. The summed E-state index contributed by atoms with van der Waals surface area (Å²) in [5.74, 6) is 0.104. The molecule has 1 aromatic heterocycles. The van der Waals surface area contributed by atoms with Crippen molar-refractivity contribution in [3.05, 3.63) is 112 Å². The largest absolute Gasteiger partial charge is 0.512 e. The molecular weight excluding hydrogens is 735 g/mol. The van der Waals surface area contributed by atoms with Crippen molar-refractivity contribution in [2.75, 3.05) is 0 Å². The molecule has 0 aliphatic rings. The number of benzene rings is 3. The van der Waals surface area contributed by atoms with Gasteiger partial charge in [0.2, 0.25) is 0 Å². The van der Waals surface area contributed by atoms with Crippen molar-refractivity contribution in [1.82, 2.24) is 9.97 Å². The molecule has 3 aromatic carbocycles. The van der Waals surface area contributed by atoms with Gasteiger partial charge in [-0.3, -0.25) is 9.78 Å². The molecule has 45 heavy (non-hydrogen) atoms. The van der Waals surface area contributed by atoms with Crippen LogP contribution in [0.3, 0.4) is 0 Å². The summed E-state index contributed by atoms with van der Waals surface area (Å²) < 4.78 is 0. The van der Waals surface area contributed by atoms with Crippen LogP contribution in [0.15, 0.2) is 66.6 Å². The van der Waals surface area contributed by atoms with E-state index in [2.05, 4.69) is 62.0 Å². The number of carbonyl (C=O) groups is 1. The Labute approximate surface area is 283 Å². The van der Waals surface area contributed by atoms with E-state index in [-0.39, 0.29) is 37.1 Å². The zero-order valence-corrected chi connectivity index (χ0v) is 30.7. The second-order valence-electron chi connectivity index (χ2n) is 13.6. The summed E-state index contributed by atoms with van der Waals surface area (Å²) in [5.41, 5.74) is 10.8. The van der Waals surface area contributed by atoms with E-state index >= 15 is 0 Å². The van der Waals surface area contributed by atoms with Gasteiger partial charge in [0.25, 0.3) is 0 Å². The van der Waals surface area contributed by atoms with Gasteiger partial charge in [0.15, 0.2) is 11.5 Å². The fourth-order valence-electron chi connectivity index (χ4n) is 4.56. The van der Waals surface area contributed by atoms with Crippen molar-refractivity contribution >= 4 is 11.5 Å². The number of carbonyl (C=O) groups excluding carboxylic acids is 1. The maximum atomic E-state index is 11.5. The van der Waals surface area contributed by atoms with Crippen molar-refractivity contribution < 1.29 is 30.0 Å². The summed E-state index contributed by atoms with van der Waals surface area (Å²) >= 11 is 0.